The molecular formula is C27H22BN. The molecule has 1 aliphatic rings. The van der Waals surface area contributed by atoms with Crippen molar-refractivity contribution in [2.75, 3.05) is 4.90 Å². The first-order chi connectivity index (χ1) is 14.1. The Morgan fingerprint density at radius 2 is 1.10 bits per heavy atom. The highest BCUT2D eigenvalue weighted by Gasteiger charge is 2.35. The lowest BCUT2D eigenvalue weighted by Gasteiger charge is -2.28. The van der Waals surface area contributed by atoms with Crippen molar-refractivity contribution in [3.63, 3.8) is 0 Å². The minimum absolute atomic E-state index is 0.0882. The molecule has 0 fully saturated rings. The normalized spacial score (nSPS) is 13.6. The highest BCUT2D eigenvalue weighted by atomic mass is 15.1. The van der Waals surface area contributed by atoms with Crippen LogP contribution in [0.3, 0.4) is 0 Å². The predicted octanol–water partition coefficient (Wildman–Crippen LogP) is 6.26. The number of hydrogen-bond acceptors (Lipinski definition) is 1. The summed E-state index contributed by atoms with van der Waals surface area (Å²) in [6.07, 6.45) is 0. The van der Waals surface area contributed by atoms with Crippen LogP contribution in [-0.2, 0) is 5.41 Å². The van der Waals surface area contributed by atoms with Gasteiger partial charge in [0, 0.05) is 22.5 Å². The van der Waals surface area contributed by atoms with Crippen LogP contribution in [0, 0.1) is 0 Å². The second-order valence-corrected chi connectivity index (χ2v) is 8.17. The van der Waals surface area contributed by atoms with E-state index in [0.29, 0.717) is 0 Å². The zero-order valence-corrected chi connectivity index (χ0v) is 16.8. The number of fused-ring (bicyclic) bond motifs is 3. The molecule has 5 rings (SSSR count). The summed E-state index contributed by atoms with van der Waals surface area (Å²) in [5.41, 5.74) is 9.42. The van der Waals surface area contributed by atoms with Crippen molar-refractivity contribution in [2.24, 2.45) is 0 Å². The third-order valence-corrected chi connectivity index (χ3v) is 5.97. The van der Waals surface area contributed by atoms with Crippen molar-refractivity contribution < 1.29 is 0 Å². The highest BCUT2D eigenvalue weighted by Crippen LogP contribution is 2.50. The standard InChI is InChI=1S/C27H22BN/c1-27(2)25-17-19(28)13-15-23(25)24-16-14-22(18-26(24)27)29(20-9-5-3-6-10-20)21-11-7-4-8-12-21/h3-18H,1-2H3. The maximum atomic E-state index is 6.11. The lowest BCUT2D eigenvalue weighted by Crippen LogP contribution is -2.18. The molecular weight excluding hydrogens is 349 g/mol. The molecule has 1 aliphatic carbocycles. The van der Waals surface area contributed by atoms with E-state index in [-0.39, 0.29) is 5.41 Å². The average Bonchev–Trinajstić information content (AvgIpc) is 2.96. The lowest BCUT2D eigenvalue weighted by atomic mass is 9.80. The van der Waals surface area contributed by atoms with Crippen LogP contribution < -0.4 is 10.4 Å². The maximum absolute atomic E-state index is 6.11. The van der Waals surface area contributed by atoms with E-state index in [1.54, 1.807) is 0 Å². The molecule has 0 heterocycles. The van der Waals surface area contributed by atoms with E-state index in [2.05, 4.69) is 110 Å². The molecule has 0 saturated heterocycles. The van der Waals surface area contributed by atoms with Gasteiger partial charge in [-0.2, -0.15) is 0 Å². The van der Waals surface area contributed by atoms with Gasteiger partial charge in [0.05, 0.1) is 0 Å². The summed E-state index contributed by atoms with van der Waals surface area (Å²) in [7, 11) is 6.11. The molecule has 0 N–H and O–H groups in total. The molecule has 4 aromatic rings. The first-order valence-electron chi connectivity index (χ1n) is 10.0. The van der Waals surface area contributed by atoms with Crippen LogP contribution in [0.25, 0.3) is 11.1 Å². The van der Waals surface area contributed by atoms with Crippen LogP contribution >= 0.6 is 0 Å². The molecule has 1 nitrogen and oxygen atoms in total. The monoisotopic (exact) mass is 371 g/mol. The van der Waals surface area contributed by atoms with E-state index in [1.807, 2.05) is 6.07 Å². The molecule has 29 heavy (non-hydrogen) atoms. The molecule has 0 aromatic heterocycles. The van der Waals surface area contributed by atoms with Gasteiger partial charge in [-0.25, -0.2) is 0 Å². The summed E-state index contributed by atoms with van der Waals surface area (Å²) in [5.74, 6) is 0. The Hall–Kier alpha value is -3.26. The molecule has 0 amide bonds. The lowest BCUT2D eigenvalue weighted by molar-refractivity contribution is 0.661. The molecule has 2 radical (unpaired) electrons. The Kier molecular flexibility index (Phi) is 4.10. The molecule has 0 saturated carbocycles. The summed E-state index contributed by atoms with van der Waals surface area (Å²) >= 11 is 0. The van der Waals surface area contributed by atoms with Crippen molar-refractivity contribution in [3.8, 4) is 11.1 Å². The topological polar surface area (TPSA) is 3.24 Å². The van der Waals surface area contributed by atoms with E-state index in [1.165, 1.54) is 22.3 Å². The molecule has 0 spiro atoms. The van der Waals surface area contributed by atoms with Crippen LogP contribution in [0.5, 0.6) is 0 Å². The van der Waals surface area contributed by atoms with Gasteiger partial charge in [0.2, 0.25) is 0 Å². The van der Waals surface area contributed by atoms with Crippen LogP contribution in [0.4, 0.5) is 17.1 Å². The Balaban J connectivity index is 1.69. The molecule has 4 aromatic carbocycles. The van der Waals surface area contributed by atoms with Gasteiger partial charge in [0.15, 0.2) is 0 Å². The SMILES string of the molecule is [B]c1ccc2c(c1)C(C)(C)c1cc(N(c3ccccc3)c3ccccc3)ccc1-2. The van der Waals surface area contributed by atoms with Crippen LogP contribution in [-0.4, -0.2) is 7.85 Å². The highest BCUT2D eigenvalue weighted by molar-refractivity contribution is 6.32. The smallest absolute Gasteiger partial charge is 0.113 e. The number of hydrogen-bond donors (Lipinski definition) is 0. The summed E-state index contributed by atoms with van der Waals surface area (Å²) in [4.78, 5) is 2.31. The number of para-hydroxylation sites is 2. The third kappa shape index (κ3) is 2.87. The predicted molar refractivity (Wildman–Crippen MR) is 124 cm³/mol. The Morgan fingerprint density at radius 3 is 1.69 bits per heavy atom. The number of anilines is 3. The van der Waals surface area contributed by atoms with Crippen molar-refractivity contribution >= 4 is 30.4 Å². The summed E-state index contributed by atoms with van der Waals surface area (Å²) in [6.45, 7) is 4.58. The first-order valence-corrected chi connectivity index (χ1v) is 10.0. The summed E-state index contributed by atoms with van der Waals surface area (Å²) < 4.78 is 0. The minimum atomic E-state index is -0.0882. The number of benzene rings is 4. The fraction of sp³-hybridized carbons (Fsp3) is 0.111. The third-order valence-electron chi connectivity index (χ3n) is 5.97. The van der Waals surface area contributed by atoms with Gasteiger partial charge < -0.3 is 4.90 Å². The number of nitrogens with zero attached hydrogens (tertiary/aromatic N) is 1. The van der Waals surface area contributed by atoms with E-state index in [4.69, 9.17) is 7.85 Å². The molecule has 2 heteroatoms. The Labute approximate surface area is 174 Å². The quantitative estimate of drug-likeness (QED) is 0.385. The summed E-state index contributed by atoms with van der Waals surface area (Å²) in [6, 6.07) is 34.2. The van der Waals surface area contributed by atoms with Crippen molar-refractivity contribution in [1.82, 2.24) is 0 Å². The van der Waals surface area contributed by atoms with Gasteiger partial charge in [0.25, 0.3) is 0 Å². The van der Waals surface area contributed by atoms with E-state index >= 15 is 0 Å². The molecule has 0 atom stereocenters. The van der Waals surface area contributed by atoms with E-state index < -0.39 is 0 Å². The fourth-order valence-corrected chi connectivity index (χ4v) is 4.48. The first kappa shape index (κ1) is 17.8. The number of rotatable bonds is 3. The van der Waals surface area contributed by atoms with E-state index in [0.717, 1.165) is 22.5 Å². The van der Waals surface area contributed by atoms with Crippen molar-refractivity contribution in [2.45, 2.75) is 19.3 Å². The van der Waals surface area contributed by atoms with Gasteiger partial charge in [-0.15, -0.1) is 0 Å². The largest absolute Gasteiger partial charge is 0.310 e. The van der Waals surface area contributed by atoms with Gasteiger partial charge in [-0.1, -0.05) is 80.0 Å². The Bertz CT molecular complexity index is 1140. The average molecular weight is 371 g/mol. The maximum Gasteiger partial charge on any atom is 0.113 e. The van der Waals surface area contributed by atoms with Crippen molar-refractivity contribution in [1.29, 1.82) is 0 Å². The molecule has 138 valence electrons. The molecule has 0 bridgehead atoms. The minimum Gasteiger partial charge on any atom is -0.310 e. The van der Waals surface area contributed by atoms with Gasteiger partial charge in [-0.3, -0.25) is 0 Å². The van der Waals surface area contributed by atoms with Crippen molar-refractivity contribution in [3.05, 3.63) is 108 Å². The van der Waals surface area contributed by atoms with E-state index in [9.17, 15) is 0 Å². The molecule has 0 aliphatic heterocycles. The van der Waals surface area contributed by atoms with Crippen LogP contribution in [0.15, 0.2) is 97.1 Å². The van der Waals surface area contributed by atoms with Crippen LogP contribution in [0.2, 0.25) is 0 Å². The Morgan fingerprint density at radius 1 is 0.586 bits per heavy atom. The zero-order chi connectivity index (χ0) is 20.0. The van der Waals surface area contributed by atoms with Gasteiger partial charge >= 0.3 is 0 Å². The van der Waals surface area contributed by atoms with Gasteiger partial charge in [-0.05, 0) is 58.7 Å². The fourth-order valence-electron chi connectivity index (χ4n) is 4.48. The summed E-state index contributed by atoms with van der Waals surface area (Å²) in [5, 5.41) is 0. The van der Waals surface area contributed by atoms with Gasteiger partial charge in [0.1, 0.15) is 7.85 Å². The van der Waals surface area contributed by atoms with Crippen LogP contribution in [0.1, 0.15) is 25.0 Å². The molecule has 0 unspecified atom stereocenters. The zero-order valence-electron chi connectivity index (χ0n) is 16.8. The second kappa shape index (κ2) is 6.67. The second-order valence-electron chi connectivity index (χ2n) is 8.17.